The van der Waals surface area contributed by atoms with Gasteiger partial charge in [0.1, 0.15) is 5.54 Å². The van der Waals surface area contributed by atoms with Crippen LogP contribution in [0.3, 0.4) is 0 Å². The van der Waals surface area contributed by atoms with E-state index in [1.54, 1.807) is 12.1 Å². The number of rotatable bonds is 5. The van der Waals surface area contributed by atoms with Crippen molar-refractivity contribution in [3.05, 3.63) is 89.5 Å². The van der Waals surface area contributed by atoms with Crippen molar-refractivity contribution in [1.29, 1.82) is 0 Å². The third-order valence-electron chi connectivity index (χ3n) is 7.68. The van der Waals surface area contributed by atoms with Gasteiger partial charge in [-0.15, -0.1) is 0 Å². The van der Waals surface area contributed by atoms with Crippen LogP contribution in [0.1, 0.15) is 16.7 Å². The summed E-state index contributed by atoms with van der Waals surface area (Å²) in [4.78, 5) is 42.4. The van der Waals surface area contributed by atoms with E-state index in [0.717, 1.165) is 5.56 Å². The summed E-state index contributed by atoms with van der Waals surface area (Å²) < 4.78 is 0. The number of nitrogens with one attached hydrogen (secondary N) is 2. The second kappa shape index (κ2) is 8.20. The molecular formula is C28H25N3O5. The maximum absolute atomic E-state index is 13.8. The molecule has 3 aromatic carbocycles. The second-order valence-corrected chi connectivity index (χ2v) is 9.65. The fraction of sp³-hybridized carbons (Fsp3) is 0.250. The molecule has 36 heavy (non-hydrogen) atoms. The van der Waals surface area contributed by atoms with E-state index in [1.165, 1.54) is 17.0 Å². The number of para-hydroxylation sites is 1. The van der Waals surface area contributed by atoms with Crippen molar-refractivity contribution < 1.29 is 24.6 Å². The van der Waals surface area contributed by atoms with Gasteiger partial charge in [0, 0.05) is 23.8 Å². The molecule has 3 amide bonds. The highest BCUT2D eigenvalue weighted by atomic mass is 16.3. The van der Waals surface area contributed by atoms with Gasteiger partial charge in [-0.05, 0) is 42.2 Å². The minimum Gasteiger partial charge on any atom is -0.504 e. The van der Waals surface area contributed by atoms with Gasteiger partial charge in [0.2, 0.25) is 17.7 Å². The number of carbonyl (C=O) groups excluding carboxylic acids is 3. The lowest BCUT2D eigenvalue weighted by molar-refractivity contribution is -0.142. The molecule has 0 bridgehead atoms. The molecular weight excluding hydrogens is 458 g/mol. The van der Waals surface area contributed by atoms with Gasteiger partial charge < -0.3 is 15.5 Å². The maximum atomic E-state index is 13.8. The van der Waals surface area contributed by atoms with Gasteiger partial charge in [-0.1, -0.05) is 54.6 Å². The van der Waals surface area contributed by atoms with Crippen LogP contribution in [0.15, 0.2) is 72.8 Å². The van der Waals surface area contributed by atoms with Gasteiger partial charge in [-0.25, -0.2) is 0 Å². The zero-order chi connectivity index (χ0) is 25.0. The summed E-state index contributed by atoms with van der Waals surface area (Å²) in [7, 11) is 0. The lowest BCUT2D eigenvalue weighted by Gasteiger charge is -2.29. The topological polar surface area (TPSA) is 119 Å². The summed E-state index contributed by atoms with van der Waals surface area (Å²) in [5.74, 6) is -3.14. The van der Waals surface area contributed by atoms with Crippen LogP contribution in [0, 0.1) is 11.8 Å². The van der Waals surface area contributed by atoms with Crippen molar-refractivity contribution in [3.8, 4) is 11.5 Å². The highest BCUT2D eigenvalue weighted by molar-refractivity contribution is 6.15. The van der Waals surface area contributed by atoms with Gasteiger partial charge in [-0.3, -0.25) is 24.6 Å². The third kappa shape index (κ3) is 3.21. The van der Waals surface area contributed by atoms with Crippen LogP contribution < -0.4 is 10.6 Å². The van der Waals surface area contributed by atoms with Crippen LogP contribution in [-0.4, -0.2) is 45.4 Å². The van der Waals surface area contributed by atoms with Crippen LogP contribution in [-0.2, 0) is 32.8 Å². The van der Waals surface area contributed by atoms with Crippen molar-refractivity contribution in [2.24, 2.45) is 11.8 Å². The Morgan fingerprint density at radius 2 is 1.58 bits per heavy atom. The van der Waals surface area contributed by atoms with Gasteiger partial charge in [0.15, 0.2) is 11.5 Å². The minimum atomic E-state index is -1.36. The molecule has 0 aromatic heterocycles. The molecule has 3 aliphatic rings. The van der Waals surface area contributed by atoms with Crippen LogP contribution in [0.2, 0.25) is 0 Å². The van der Waals surface area contributed by atoms with E-state index < -0.39 is 23.4 Å². The number of hydrogen-bond donors (Lipinski definition) is 4. The van der Waals surface area contributed by atoms with Crippen LogP contribution in [0.5, 0.6) is 11.5 Å². The summed E-state index contributed by atoms with van der Waals surface area (Å²) >= 11 is 0. The van der Waals surface area contributed by atoms with Crippen molar-refractivity contribution in [2.75, 3.05) is 11.9 Å². The Hall–Kier alpha value is -4.17. The SMILES string of the molecule is O=C1[C@@H]2C(Cc3ccc(O)c(O)c3)NC3(C(=O)Nc4ccccc43)[C@@H]2C(=O)N1CCc1ccccc1. The Kier molecular flexibility index (Phi) is 5.08. The Labute approximate surface area is 207 Å². The predicted molar refractivity (Wildman–Crippen MR) is 131 cm³/mol. The number of phenols is 2. The van der Waals surface area contributed by atoms with Crippen molar-refractivity contribution in [1.82, 2.24) is 10.2 Å². The number of likely N-dealkylation sites (tertiary alicyclic amines) is 1. The Morgan fingerprint density at radius 3 is 2.36 bits per heavy atom. The lowest BCUT2D eigenvalue weighted by atomic mass is 9.76. The molecule has 0 saturated carbocycles. The van der Waals surface area contributed by atoms with Gasteiger partial charge >= 0.3 is 0 Å². The average Bonchev–Trinajstić information content (AvgIpc) is 3.45. The van der Waals surface area contributed by atoms with Crippen molar-refractivity contribution in [2.45, 2.75) is 24.4 Å². The Morgan fingerprint density at radius 1 is 0.833 bits per heavy atom. The number of aromatic hydroxyl groups is 2. The number of imide groups is 1. The highest BCUT2D eigenvalue weighted by Crippen LogP contribution is 2.53. The van der Waals surface area contributed by atoms with Crippen LogP contribution in [0.4, 0.5) is 5.69 Å². The Bertz CT molecular complexity index is 1390. The molecule has 0 radical (unpaired) electrons. The fourth-order valence-electron chi connectivity index (χ4n) is 6.05. The van der Waals surface area contributed by atoms with E-state index in [1.807, 2.05) is 48.5 Å². The number of fused-ring (bicyclic) bond motifs is 4. The molecule has 3 aliphatic heterocycles. The zero-order valence-corrected chi connectivity index (χ0v) is 19.3. The molecule has 2 saturated heterocycles. The first-order valence-corrected chi connectivity index (χ1v) is 12.0. The minimum absolute atomic E-state index is 0.237. The van der Waals surface area contributed by atoms with E-state index in [2.05, 4.69) is 10.6 Å². The van der Waals surface area contributed by atoms with Gasteiger partial charge in [-0.2, -0.15) is 0 Å². The number of hydrogen-bond acceptors (Lipinski definition) is 6. The normalized spacial score (nSPS) is 26.4. The fourth-order valence-corrected chi connectivity index (χ4v) is 6.05. The first kappa shape index (κ1) is 22.3. The third-order valence-corrected chi connectivity index (χ3v) is 7.68. The summed E-state index contributed by atoms with van der Waals surface area (Å²) in [6, 6.07) is 20.8. The molecule has 0 aliphatic carbocycles. The van der Waals surface area contributed by atoms with Gasteiger partial charge in [0.05, 0.1) is 11.8 Å². The number of amides is 3. The standard InChI is InChI=1S/C28H25N3O5/c32-21-11-10-17(15-22(21)33)14-20-23-24(28(30-20)18-8-4-5-9-19(18)29-27(28)36)26(35)31(25(23)34)13-12-16-6-2-1-3-7-16/h1-11,15,20,23-24,30,32-33H,12-14H2,(H,29,36)/t20?,23-,24+,28?/m1/s1. The zero-order valence-electron chi connectivity index (χ0n) is 19.3. The number of anilines is 1. The predicted octanol–water partition coefficient (Wildman–Crippen LogP) is 2.30. The molecule has 182 valence electrons. The first-order valence-electron chi connectivity index (χ1n) is 12.0. The average molecular weight is 484 g/mol. The smallest absolute Gasteiger partial charge is 0.250 e. The van der Waals surface area contributed by atoms with E-state index >= 15 is 0 Å². The molecule has 6 rings (SSSR count). The molecule has 8 heteroatoms. The van der Waals surface area contributed by atoms with Crippen LogP contribution >= 0.6 is 0 Å². The van der Waals surface area contributed by atoms with E-state index in [0.29, 0.717) is 23.2 Å². The van der Waals surface area contributed by atoms with Crippen molar-refractivity contribution >= 4 is 23.4 Å². The molecule has 4 atom stereocenters. The largest absolute Gasteiger partial charge is 0.504 e. The van der Waals surface area contributed by atoms with E-state index in [9.17, 15) is 24.6 Å². The highest BCUT2D eigenvalue weighted by Gasteiger charge is 2.70. The number of benzene rings is 3. The molecule has 2 fully saturated rings. The lowest BCUT2D eigenvalue weighted by Crippen LogP contribution is -2.53. The summed E-state index contributed by atoms with van der Waals surface area (Å²) in [5.41, 5.74) is 1.61. The second-order valence-electron chi connectivity index (χ2n) is 9.65. The molecule has 4 N–H and O–H groups in total. The monoisotopic (exact) mass is 483 g/mol. The quantitative estimate of drug-likeness (QED) is 0.327. The molecule has 3 heterocycles. The summed E-state index contributed by atoms with van der Waals surface area (Å²) in [6.07, 6.45) is 0.815. The molecule has 1 spiro atoms. The number of nitrogens with zero attached hydrogens (tertiary/aromatic N) is 1. The summed E-state index contributed by atoms with van der Waals surface area (Å²) in [6.45, 7) is 0.237. The molecule has 3 aromatic rings. The number of phenolic OH excluding ortho intramolecular Hbond substituents is 2. The Balaban J connectivity index is 1.39. The van der Waals surface area contributed by atoms with E-state index in [4.69, 9.17) is 0 Å². The van der Waals surface area contributed by atoms with Gasteiger partial charge in [0.25, 0.3) is 0 Å². The molecule has 2 unspecified atom stereocenters. The van der Waals surface area contributed by atoms with Crippen LogP contribution in [0.25, 0.3) is 0 Å². The maximum Gasteiger partial charge on any atom is 0.250 e. The first-order chi connectivity index (χ1) is 17.4. The molecule has 8 nitrogen and oxygen atoms in total. The van der Waals surface area contributed by atoms with E-state index in [-0.39, 0.29) is 42.2 Å². The van der Waals surface area contributed by atoms with Crippen molar-refractivity contribution in [3.63, 3.8) is 0 Å². The summed E-state index contributed by atoms with van der Waals surface area (Å²) in [5, 5.41) is 26.0. The number of carbonyl (C=O) groups is 3.